The zero-order valence-electron chi connectivity index (χ0n) is 15.8. The van der Waals surface area contributed by atoms with Gasteiger partial charge in [0.1, 0.15) is 11.5 Å². The molecular weight excluding hydrogens is 456 g/mol. The van der Waals surface area contributed by atoms with Crippen LogP contribution in [0.4, 0.5) is 20.2 Å². The Morgan fingerprint density at radius 1 is 1.17 bits per heavy atom. The van der Waals surface area contributed by atoms with Crippen LogP contribution in [0.25, 0.3) is 11.3 Å². The minimum absolute atomic E-state index is 0.0362. The van der Waals surface area contributed by atoms with E-state index in [-0.39, 0.29) is 27.0 Å². The predicted octanol–water partition coefficient (Wildman–Crippen LogP) is 4.93. The molecule has 0 atom stereocenters. The largest absolute Gasteiger partial charge is 0.321 e. The Morgan fingerprint density at radius 3 is 2.50 bits per heavy atom. The number of aromatic nitrogens is 1. The van der Waals surface area contributed by atoms with Gasteiger partial charge in [-0.3, -0.25) is 14.5 Å². The Bertz CT molecular complexity index is 1230. The molecule has 0 saturated carbocycles. The van der Waals surface area contributed by atoms with Gasteiger partial charge in [-0.05, 0) is 30.7 Å². The van der Waals surface area contributed by atoms with Crippen LogP contribution in [-0.2, 0) is 16.4 Å². The Balaban J connectivity index is 1.90. The van der Waals surface area contributed by atoms with Crippen LogP contribution >= 0.6 is 22.9 Å². The van der Waals surface area contributed by atoms with E-state index in [4.69, 9.17) is 11.6 Å². The van der Waals surface area contributed by atoms with E-state index in [2.05, 4.69) is 15.0 Å². The van der Waals surface area contributed by atoms with Crippen molar-refractivity contribution >= 4 is 50.2 Å². The summed E-state index contributed by atoms with van der Waals surface area (Å²) >= 11 is 7.16. The Morgan fingerprint density at radius 2 is 1.87 bits per heavy atom. The first-order valence-corrected chi connectivity index (χ1v) is 11.7. The molecule has 0 bridgehead atoms. The van der Waals surface area contributed by atoms with Crippen LogP contribution in [-0.4, -0.2) is 25.6 Å². The van der Waals surface area contributed by atoms with Crippen LogP contribution in [0, 0.1) is 11.6 Å². The molecule has 1 aromatic carbocycles. The lowest BCUT2D eigenvalue weighted by Gasteiger charge is -2.09. The fraction of sp³-hybridized carbons (Fsp3) is 0.158. The van der Waals surface area contributed by atoms with Gasteiger partial charge in [-0.2, -0.15) is 0 Å². The van der Waals surface area contributed by atoms with Crippen molar-refractivity contribution in [3.05, 3.63) is 62.9 Å². The third-order valence-corrected chi connectivity index (χ3v) is 5.98. The highest BCUT2D eigenvalue weighted by atomic mass is 35.5. The number of hydrogen-bond acceptors (Lipinski definition) is 5. The van der Waals surface area contributed by atoms with Gasteiger partial charge in [0.2, 0.25) is 10.0 Å². The highest BCUT2D eigenvalue weighted by molar-refractivity contribution is 7.92. The molecule has 0 aliphatic rings. The van der Waals surface area contributed by atoms with Gasteiger partial charge >= 0.3 is 0 Å². The summed E-state index contributed by atoms with van der Waals surface area (Å²) in [6, 6.07) is 6.51. The molecule has 3 aromatic rings. The average molecular weight is 472 g/mol. The fourth-order valence-corrected chi connectivity index (χ4v) is 4.52. The molecule has 0 saturated heterocycles. The van der Waals surface area contributed by atoms with Crippen LogP contribution in [0.5, 0.6) is 0 Å². The highest BCUT2D eigenvalue weighted by Gasteiger charge is 2.19. The Labute approximate surface area is 181 Å². The van der Waals surface area contributed by atoms with Crippen molar-refractivity contribution in [1.82, 2.24) is 4.98 Å². The highest BCUT2D eigenvalue weighted by Crippen LogP contribution is 2.33. The van der Waals surface area contributed by atoms with E-state index in [1.807, 2.05) is 6.92 Å². The molecule has 0 unspecified atom stereocenters. The van der Waals surface area contributed by atoms with Crippen molar-refractivity contribution in [1.29, 1.82) is 0 Å². The zero-order valence-corrected chi connectivity index (χ0v) is 18.2. The average Bonchev–Trinajstić information content (AvgIpc) is 3.04. The van der Waals surface area contributed by atoms with Gasteiger partial charge in [0, 0.05) is 27.2 Å². The second-order valence-electron chi connectivity index (χ2n) is 6.34. The van der Waals surface area contributed by atoms with Crippen molar-refractivity contribution in [2.45, 2.75) is 13.3 Å². The second-order valence-corrected chi connectivity index (χ2v) is 9.66. The summed E-state index contributed by atoms with van der Waals surface area (Å²) in [5.41, 5.74) is 0.846. The number of thiophene rings is 1. The number of anilines is 2. The van der Waals surface area contributed by atoms with Crippen LogP contribution in [0.15, 0.2) is 36.5 Å². The van der Waals surface area contributed by atoms with Crippen molar-refractivity contribution in [2.24, 2.45) is 0 Å². The Hall–Kier alpha value is -2.56. The van der Waals surface area contributed by atoms with Crippen molar-refractivity contribution in [2.75, 3.05) is 16.3 Å². The smallest absolute Gasteiger partial charge is 0.265 e. The number of nitrogens with zero attached hydrogens (tertiary/aromatic N) is 1. The normalized spacial score (nSPS) is 11.4. The quantitative estimate of drug-likeness (QED) is 0.533. The summed E-state index contributed by atoms with van der Waals surface area (Å²) in [7, 11) is -3.52. The standard InChI is InChI=1S/C19H16ClF2N3O3S2/c1-3-16-14(18-15(22)6-11(21)9-23-18)8-17(29-16)19(26)24-12-4-10(20)5-13(7-12)25-30(2,27)28/h4-9,25H,3H2,1-2H3,(H,24,26). The first kappa shape index (κ1) is 22.1. The maximum absolute atomic E-state index is 14.2. The van der Waals surface area contributed by atoms with Gasteiger partial charge in [0.05, 0.1) is 23.0 Å². The zero-order chi connectivity index (χ0) is 22.1. The van der Waals surface area contributed by atoms with Gasteiger partial charge in [0.15, 0.2) is 5.82 Å². The van der Waals surface area contributed by atoms with Crippen molar-refractivity contribution in [3.8, 4) is 11.3 Å². The Kier molecular flexibility index (Phi) is 6.39. The van der Waals surface area contributed by atoms with E-state index >= 15 is 0 Å². The van der Waals surface area contributed by atoms with Gasteiger partial charge in [-0.25, -0.2) is 17.2 Å². The van der Waals surface area contributed by atoms with E-state index < -0.39 is 27.6 Å². The molecule has 11 heteroatoms. The molecule has 0 radical (unpaired) electrons. The van der Waals surface area contributed by atoms with Gasteiger partial charge < -0.3 is 5.32 Å². The molecule has 0 fully saturated rings. The lowest BCUT2D eigenvalue weighted by molar-refractivity contribution is 0.103. The summed E-state index contributed by atoms with van der Waals surface area (Å²) in [5.74, 6) is -2.10. The molecule has 2 heterocycles. The van der Waals surface area contributed by atoms with Gasteiger partial charge in [0.25, 0.3) is 5.91 Å². The molecule has 2 N–H and O–H groups in total. The molecule has 1 amide bonds. The van der Waals surface area contributed by atoms with Crippen LogP contribution in [0.1, 0.15) is 21.5 Å². The number of carbonyl (C=O) groups excluding carboxylic acids is 1. The summed E-state index contributed by atoms with van der Waals surface area (Å²) in [5, 5.41) is 2.86. The third-order valence-electron chi connectivity index (χ3n) is 3.88. The maximum atomic E-state index is 14.2. The van der Waals surface area contributed by atoms with Gasteiger partial charge in [-0.15, -0.1) is 11.3 Å². The number of carbonyl (C=O) groups is 1. The number of pyridine rings is 1. The van der Waals surface area contributed by atoms with Gasteiger partial charge in [-0.1, -0.05) is 18.5 Å². The number of hydrogen-bond donors (Lipinski definition) is 2. The predicted molar refractivity (Wildman–Crippen MR) is 115 cm³/mol. The molecule has 6 nitrogen and oxygen atoms in total. The number of nitrogens with one attached hydrogen (secondary N) is 2. The number of amides is 1. The molecule has 3 rings (SSSR count). The lowest BCUT2D eigenvalue weighted by Crippen LogP contribution is -2.12. The molecule has 0 aliphatic carbocycles. The fourth-order valence-electron chi connectivity index (χ4n) is 2.74. The molecule has 2 aromatic heterocycles. The first-order chi connectivity index (χ1) is 14.1. The summed E-state index contributed by atoms with van der Waals surface area (Å²) in [4.78, 5) is 17.5. The number of halogens is 3. The molecule has 0 spiro atoms. The van der Waals surface area contributed by atoms with Crippen LogP contribution < -0.4 is 10.0 Å². The number of benzene rings is 1. The minimum atomic E-state index is -3.52. The van der Waals surface area contributed by atoms with E-state index in [0.717, 1.165) is 29.9 Å². The number of aryl methyl sites for hydroxylation is 1. The topological polar surface area (TPSA) is 88.2 Å². The first-order valence-electron chi connectivity index (χ1n) is 8.59. The monoisotopic (exact) mass is 471 g/mol. The molecule has 0 aliphatic heterocycles. The van der Waals surface area contributed by atoms with E-state index in [9.17, 15) is 22.0 Å². The van der Waals surface area contributed by atoms with E-state index in [1.54, 1.807) is 0 Å². The number of sulfonamides is 1. The lowest BCUT2D eigenvalue weighted by atomic mass is 10.1. The molecule has 30 heavy (non-hydrogen) atoms. The maximum Gasteiger partial charge on any atom is 0.265 e. The number of rotatable bonds is 6. The minimum Gasteiger partial charge on any atom is -0.321 e. The SMILES string of the molecule is CCc1sc(C(=O)Nc2cc(Cl)cc(NS(C)(=O)=O)c2)cc1-c1ncc(F)cc1F. The summed E-state index contributed by atoms with van der Waals surface area (Å²) < 4.78 is 52.5. The third kappa shape index (κ3) is 5.32. The van der Waals surface area contributed by atoms with E-state index in [1.165, 1.54) is 24.3 Å². The summed E-state index contributed by atoms with van der Waals surface area (Å²) in [6.45, 7) is 1.85. The second kappa shape index (κ2) is 8.66. The molecular formula is C19H16ClF2N3O3S2. The van der Waals surface area contributed by atoms with E-state index in [0.29, 0.717) is 16.9 Å². The van der Waals surface area contributed by atoms with Crippen LogP contribution in [0.2, 0.25) is 5.02 Å². The molecule has 158 valence electrons. The van der Waals surface area contributed by atoms with Crippen LogP contribution in [0.3, 0.4) is 0 Å². The summed E-state index contributed by atoms with van der Waals surface area (Å²) in [6.07, 6.45) is 2.43. The van der Waals surface area contributed by atoms with Crippen molar-refractivity contribution in [3.63, 3.8) is 0 Å². The van der Waals surface area contributed by atoms with Crippen molar-refractivity contribution < 1.29 is 22.0 Å².